The van der Waals surface area contributed by atoms with Gasteiger partial charge in [0, 0.05) is 11.0 Å². The first-order chi connectivity index (χ1) is 10.0. The summed E-state index contributed by atoms with van der Waals surface area (Å²) in [6, 6.07) is 8.73. The highest BCUT2D eigenvalue weighted by Gasteiger charge is 2.06. The zero-order chi connectivity index (χ0) is 15.0. The molecule has 0 unspecified atom stereocenters. The van der Waals surface area contributed by atoms with E-state index in [4.69, 9.17) is 11.6 Å². The van der Waals surface area contributed by atoms with Crippen LogP contribution < -0.4 is 11.0 Å². The van der Waals surface area contributed by atoms with Gasteiger partial charge in [-0.25, -0.2) is 4.79 Å². The summed E-state index contributed by atoms with van der Waals surface area (Å²) in [4.78, 5) is 16.7. The molecule has 0 saturated carbocycles. The Hall–Kier alpha value is -1.92. The zero-order valence-electron chi connectivity index (χ0n) is 10.7. The molecule has 0 radical (unpaired) electrons. The first kappa shape index (κ1) is 14.0. The molecule has 0 aliphatic heterocycles. The number of fused-ring (bicyclic) bond motifs is 1. The van der Waals surface area contributed by atoms with Crippen molar-refractivity contribution >= 4 is 44.3 Å². The van der Waals surface area contributed by atoms with Crippen LogP contribution in [0.25, 0.3) is 11.0 Å². The Balaban J connectivity index is 1.85. The van der Waals surface area contributed by atoms with Crippen molar-refractivity contribution in [1.29, 1.82) is 0 Å². The molecule has 1 heterocycles. The van der Waals surface area contributed by atoms with Gasteiger partial charge in [0.15, 0.2) is 0 Å². The van der Waals surface area contributed by atoms with E-state index < -0.39 is 0 Å². The molecule has 5 nitrogen and oxygen atoms in total. The summed E-state index contributed by atoms with van der Waals surface area (Å²) in [7, 11) is 0. The van der Waals surface area contributed by atoms with Gasteiger partial charge in [-0.3, -0.25) is 0 Å². The molecule has 0 spiro atoms. The fourth-order valence-corrected chi connectivity index (χ4v) is 2.74. The van der Waals surface area contributed by atoms with Crippen LogP contribution in [-0.2, 0) is 6.54 Å². The molecular weight excluding hydrogens is 358 g/mol. The van der Waals surface area contributed by atoms with Gasteiger partial charge in [0.05, 0.1) is 21.7 Å². The van der Waals surface area contributed by atoms with Gasteiger partial charge < -0.3 is 20.4 Å². The predicted octanol–water partition coefficient (Wildman–Crippen LogP) is 3.59. The number of phenols is 1. The van der Waals surface area contributed by atoms with E-state index in [0.717, 1.165) is 26.8 Å². The molecule has 0 atom stereocenters. The average Bonchev–Trinajstić information content (AvgIpc) is 2.79. The highest BCUT2D eigenvalue weighted by molar-refractivity contribution is 9.10. The van der Waals surface area contributed by atoms with E-state index in [1.807, 2.05) is 12.1 Å². The largest absolute Gasteiger partial charge is 0.506 e. The molecule has 0 aliphatic carbocycles. The number of anilines is 1. The molecular formula is C14H11BrClN3O2. The molecule has 7 heteroatoms. The minimum Gasteiger partial charge on any atom is -0.506 e. The van der Waals surface area contributed by atoms with Crippen LogP contribution in [0.1, 0.15) is 5.56 Å². The van der Waals surface area contributed by atoms with Crippen LogP contribution in [0.2, 0.25) is 5.02 Å². The number of rotatable bonds is 3. The zero-order valence-corrected chi connectivity index (χ0v) is 13.0. The van der Waals surface area contributed by atoms with Crippen molar-refractivity contribution < 1.29 is 5.11 Å². The van der Waals surface area contributed by atoms with Gasteiger partial charge in [-0.15, -0.1) is 0 Å². The van der Waals surface area contributed by atoms with Crippen molar-refractivity contribution in [2.75, 3.05) is 5.32 Å². The molecule has 2 aromatic carbocycles. The van der Waals surface area contributed by atoms with Crippen molar-refractivity contribution in [3.63, 3.8) is 0 Å². The number of hydrogen-bond acceptors (Lipinski definition) is 3. The van der Waals surface area contributed by atoms with Gasteiger partial charge in [0.2, 0.25) is 0 Å². The van der Waals surface area contributed by atoms with Gasteiger partial charge >= 0.3 is 5.69 Å². The molecule has 3 rings (SSSR count). The third-order valence-corrected chi connectivity index (χ3v) is 4.06. The molecule has 21 heavy (non-hydrogen) atoms. The van der Waals surface area contributed by atoms with Crippen molar-refractivity contribution in [3.8, 4) is 5.75 Å². The van der Waals surface area contributed by atoms with Crippen molar-refractivity contribution in [2.24, 2.45) is 0 Å². The maximum Gasteiger partial charge on any atom is 0.323 e. The number of imidazole rings is 1. The van der Waals surface area contributed by atoms with E-state index in [-0.39, 0.29) is 11.4 Å². The standard InChI is InChI=1S/C14H11BrClN3O2/c15-8-4-11-12(19-14(21)18-11)5-10(8)17-6-7-1-2-13(20)9(16)3-7/h1-5,17,20H,6H2,(H2,18,19,21). The summed E-state index contributed by atoms with van der Waals surface area (Å²) >= 11 is 9.34. The maximum absolute atomic E-state index is 11.3. The Bertz CT molecular complexity index is 872. The van der Waals surface area contributed by atoms with Crippen LogP contribution in [0, 0.1) is 0 Å². The third kappa shape index (κ3) is 2.91. The van der Waals surface area contributed by atoms with Gasteiger partial charge in [-0.2, -0.15) is 0 Å². The molecule has 0 aliphatic rings. The van der Waals surface area contributed by atoms with Crippen molar-refractivity contribution in [1.82, 2.24) is 9.97 Å². The number of phenolic OH excluding ortho intramolecular Hbond substituents is 1. The predicted molar refractivity (Wildman–Crippen MR) is 87.1 cm³/mol. The average molecular weight is 369 g/mol. The second-order valence-electron chi connectivity index (χ2n) is 4.60. The SMILES string of the molecule is O=c1[nH]c2cc(Br)c(NCc3ccc(O)c(Cl)c3)cc2[nH]1. The van der Waals surface area contributed by atoms with Crippen LogP contribution in [0.5, 0.6) is 5.75 Å². The van der Waals surface area contributed by atoms with E-state index in [1.165, 1.54) is 0 Å². The fraction of sp³-hybridized carbons (Fsp3) is 0.0714. The Morgan fingerprint density at radius 1 is 1.19 bits per heavy atom. The third-order valence-electron chi connectivity index (χ3n) is 3.10. The summed E-state index contributed by atoms with van der Waals surface area (Å²) in [5.41, 5.74) is 3.02. The quantitative estimate of drug-likeness (QED) is 0.570. The number of aromatic amines is 2. The highest BCUT2D eigenvalue weighted by atomic mass is 79.9. The lowest BCUT2D eigenvalue weighted by Crippen LogP contribution is -2.00. The Labute approximate surface area is 133 Å². The molecule has 0 fully saturated rings. The van der Waals surface area contributed by atoms with Crippen LogP contribution in [0.4, 0.5) is 5.69 Å². The number of H-pyrrole nitrogens is 2. The Kier molecular flexibility index (Phi) is 3.65. The smallest absolute Gasteiger partial charge is 0.323 e. The minimum absolute atomic E-state index is 0.0629. The molecule has 0 amide bonds. The topological polar surface area (TPSA) is 80.9 Å². The molecule has 1 aromatic heterocycles. The molecule has 3 aromatic rings. The second-order valence-corrected chi connectivity index (χ2v) is 5.86. The summed E-state index contributed by atoms with van der Waals surface area (Å²) in [5, 5.41) is 13.0. The number of hydrogen-bond donors (Lipinski definition) is 4. The van der Waals surface area contributed by atoms with Gasteiger partial charge in [0.1, 0.15) is 5.75 Å². The lowest BCUT2D eigenvalue weighted by Gasteiger charge is -2.09. The number of benzene rings is 2. The lowest BCUT2D eigenvalue weighted by molar-refractivity contribution is 0.475. The van der Waals surface area contributed by atoms with Crippen LogP contribution >= 0.6 is 27.5 Å². The van der Waals surface area contributed by atoms with E-state index >= 15 is 0 Å². The maximum atomic E-state index is 11.3. The van der Waals surface area contributed by atoms with Gasteiger partial charge in [-0.05, 0) is 45.8 Å². The number of nitrogens with one attached hydrogen (secondary N) is 3. The minimum atomic E-state index is -0.237. The first-order valence-corrected chi connectivity index (χ1v) is 7.33. The summed E-state index contributed by atoms with van der Waals surface area (Å²) < 4.78 is 0.843. The monoisotopic (exact) mass is 367 g/mol. The number of aromatic hydroxyl groups is 1. The molecule has 108 valence electrons. The van der Waals surface area contributed by atoms with E-state index in [2.05, 4.69) is 31.2 Å². The summed E-state index contributed by atoms with van der Waals surface area (Å²) in [5.74, 6) is 0.0629. The van der Waals surface area contributed by atoms with Crippen LogP contribution in [0.15, 0.2) is 39.6 Å². The Morgan fingerprint density at radius 2 is 1.90 bits per heavy atom. The normalized spacial score (nSPS) is 11.0. The second kappa shape index (κ2) is 5.46. The highest BCUT2D eigenvalue weighted by Crippen LogP contribution is 2.28. The van der Waals surface area contributed by atoms with Gasteiger partial charge in [0.25, 0.3) is 0 Å². The number of halogens is 2. The van der Waals surface area contributed by atoms with Crippen molar-refractivity contribution in [3.05, 3.63) is 55.9 Å². The van der Waals surface area contributed by atoms with Crippen LogP contribution in [0.3, 0.4) is 0 Å². The van der Waals surface area contributed by atoms with Crippen LogP contribution in [-0.4, -0.2) is 15.1 Å². The molecule has 0 bridgehead atoms. The fourth-order valence-electron chi connectivity index (χ4n) is 2.05. The molecule has 0 saturated heterocycles. The van der Waals surface area contributed by atoms with E-state index in [0.29, 0.717) is 11.6 Å². The summed E-state index contributed by atoms with van der Waals surface area (Å²) in [6.07, 6.45) is 0. The van der Waals surface area contributed by atoms with E-state index in [9.17, 15) is 9.90 Å². The Morgan fingerprint density at radius 3 is 2.62 bits per heavy atom. The lowest BCUT2D eigenvalue weighted by atomic mass is 10.2. The van der Waals surface area contributed by atoms with Gasteiger partial charge in [-0.1, -0.05) is 17.7 Å². The summed E-state index contributed by atoms with van der Waals surface area (Å²) in [6.45, 7) is 0.540. The first-order valence-electron chi connectivity index (χ1n) is 6.16. The van der Waals surface area contributed by atoms with E-state index in [1.54, 1.807) is 18.2 Å². The molecule has 4 N–H and O–H groups in total. The number of aromatic nitrogens is 2. The van der Waals surface area contributed by atoms with Crippen molar-refractivity contribution in [2.45, 2.75) is 6.54 Å².